The van der Waals surface area contributed by atoms with Crippen LogP contribution in [-0.4, -0.2) is 28.8 Å². The highest BCUT2D eigenvalue weighted by molar-refractivity contribution is 7.80. The van der Waals surface area contributed by atoms with Crippen molar-refractivity contribution in [2.45, 2.75) is 19.0 Å². The van der Waals surface area contributed by atoms with Crippen LogP contribution in [0.2, 0.25) is 0 Å². The molecule has 2 aromatic carbocycles. The first kappa shape index (κ1) is 21.2. The van der Waals surface area contributed by atoms with Crippen LogP contribution < -0.4 is 15.1 Å². The number of thiocarbonyl (C=S) groups is 1. The van der Waals surface area contributed by atoms with E-state index in [-0.39, 0.29) is 12.1 Å². The second kappa shape index (κ2) is 8.71. The second-order valence-electron chi connectivity index (χ2n) is 8.55. The van der Waals surface area contributed by atoms with Crippen LogP contribution in [0, 0.1) is 6.92 Å². The minimum absolute atomic E-state index is 0.0577. The van der Waals surface area contributed by atoms with Gasteiger partial charge >= 0.3 is 0 Å². The number of nitrogens with zero attached hydrogens (tertiary/aromatic N) is 4. The van der Waals surface area contributed by atoms with E-state index in [1.54, 1.807) is 0 Å². The molecule has 0 unspecified atom stereocenters. The van der Waals surface area contributed by atoms with Gasteiger partial charge in [-0.1, -0.05) is 18.2 Å². The van der Waals surface area contributed by atoms with Crippen LogP contribution >= 0.6 is 12.2 Å². The highest BCUT2D eigenvalue weighted by atomic mass is 32.1. The molecule has 1 N–H and O–H groups in total. The standard InChI is InChI=1S/C27H27N5S/c1-19-8-6-9-22(18-19)32-26(25(29-27(32)33)23-10-4-5-16-28-23)24-11-7-17-31(24)21-14-12-20(13-15-21)30(2)3/h4-18,25-26H,1-3H3,(H,29,33)/t25-,26-/m1/s1. The number of benzene rings is 2. The molecule has 33 heavy (non-hydrogen) atoms. The normalized spacial score (nSPS) is 17.8. The van der Waals surface area contributed by atoms with E-state index in [0.29, 0.717) is 5.11 Å². The van der Waals surface area contributed by atoms with Crippen LogP contribution in [0.3, 0.4) is 0 Å². The number of anilines is 2. The summed E-state index contributed by atoms with van der Waals surface area (Å²) in [5, 5.41) is 4.26. The summed E-state index contributed by atoms with van der Waals surface area (Å²) in [6, 6.07) is 27.3. The number of hydrogen-bond donors (Lipinski definition) is 1. The van der Waals surface area contributed by atoms with Crippen molar-refractivity contribution in [3.05, 3.63) is 108 Å². The van der Waals surface area contributed by atoms with Gasteiger partial charge in [0.2, 0.25) is 0 Å². The Morgan fingerprint density at radius 3 is 2.42 bits per heavy atom. The molecule has 1 saturated heterocycles. The first-order valence-corrected chi connectivity index (χ1v) is 11.5. The topological polar surface area (TPSA) is 36.3 Å². The largest absolute Gasteiger partial charge is 0.378 e. The smallest absolute Gasteiger partial charge is 0.174 e. The number of rotatable bonds is 5. The zero-order valence-electron chi connectivity index (χ0n) is 19.0. The number of aryl methyl sites for hydroxylation is 1. The summed E-state index contributed by atoms with van der Waals surface area (Å²) >= 11 is 5.87. The summed E-state index contributed by atoms with van der Waals surface area (Å²) in [6.45, 7) is 2.11. The molecule has 166 valence electrons. The van der Waals surface area contributed by atoms with Crippen LogP contribution in [0.1, 0.15) is 29.0 Å². The van der Waals surface area contributed by atoms with Crippen LogP contribution in [-0.2, 0) is 0 Å². The van der Waals surface area contributed by atoms with E-state index in [4.69, 9.17) is 12.2 Å². The molecule has 0 bridgehead atoms. The van der Waals surface area contributed by atoms with E-state index in [9.17, 15) is 0 Å². The molecular formula is C27H27N5S. The van der Waals surface area contributed by atoms with E-state index in [1.165, 1.54) is 11.3 Å². The van der Waals surface area contributed by atoms with Gasteiger partial charge in [0.25, 0.3) is 0 Å². The number of pyridine rings is 1. The summed E-state index contributed by atoms with van der Waals surface area (Å²) in [7, 11) is 4.11. The Hall–Kier alpha value is -3.64. The summed E-state index contributed by atoms with van der Waals surface area (Å²) in [6.07, 6.45) is 3.96. The second-order valence-corrected chi connectivity index (χ2v) is 8.94. The highest BCUT2D eigenvalue weighted by Crippen LogP contribution is 2.42. The van der Waals surface area contributed by atoms with Gasteiger partial charge in [0.1, 0.15) is 6.04 Å². The molecule has 0 spiro atoms. The van der Waals surface area contributed by atoms with Crippen molar-refractivity contribution in [3.63, 3.8) is 0 Å². The molecule has 5 rings (SSSR count). The maximum absolute atomic E-state index is 5.87. The van der Waals surface area contributed by atoms with Gasteiger partial charge in [0, 0.05) is 49.2 Å². The van der Waals surface area contributed by atoms with Gasteiger partial charge in [-0.3, -0.25) is 4.98 Å². The van der Waals surface area contributed by atoms with Gasteiger partial charge in [-0.15, -0.1) is 0 Å². The molecule has 2 atom stereocenters. The lowest BCUT2D eigenvalue weighted by Gasteiger charge is -2.29. The molecule has 0 radical (unpaired) electrons. The molecule has 5 nitrogen and oxygen atoms in total. The third-order valence-corrected chi connectivity index (χ3v) is 6.42. The average Bonchev–Trinajstić information content (AvgIpc) is 3.44. The molecule has 1 aliphatic heterocycles. The van der Waals surface area contributed by atoms with Crippen molar-refractivity contribution < 1.29 is 0 Å². The molecule has 3 heterocycles. The minimum Gasteiger partial charge on any atom is -0.378 e. The Labute approximate surface area is 200 Å². The molecule has 0 saturated carbocycles. The van der Waals surface area contributed by atoms with Crippen molar-refractivity contribution in [1.82, 2.24) is 14.9 Å². The van der Waals surface area contributed by atoms with Crippen molar-refractivity contribution in [3.8, 4) is 5.69 Å². The van der Waals surface area contributed by atoms with Crippen LogP contribution in [0.5, 0.6) is 0 Å². The molecule has 2 aromatic heterocycles. The lowest BCUT2D eigenvalue weighted by molar-refractivity contribution is 0.549. The van der Waals surface area contributed by atoms with Gasteiger partial charge in [-0.25, -0.2) is 0 Å². The monoisotopic (exact) mass is 453 g/mol. The molecule has 1 aliphatic rings. The van der Waals surface area contributed by atoms with Gasteiger partial charge < -0.3 is 19.7 Å². The Bertz CT molecular complexity index is 1260. The molecule has 4 aromatic rings. The van der Waals surface area contributed by atoms with E-state index in [0.717, 1.165) is 22.8 Å². The first-order chi connectivity index (χ1) is 16.0. The predicted octanol–water partition coefficient (Wildman–Crippen LogP) is 5.42. The van der Waals surface area contributed by atoms with Crippen molar-refractivity contribution in [2.24, 2.45) is 0 Å². The summed E-state index contributed by atoms with van der Waals surface area (Å²) < 4.78 is 2.25. The SMILES string of the molecule is Cc1cccc(N2C(=S)N[C@H](c3ccccn3)[C@H]2c2cccn2-c2ccc(N(C)C)cc2)c1. The van der Waals surface area contributed by atoms with E-state index in [2.05, 4.69) is 119 Å². The van der Waals surface area contributed by atoms with Gasteiger partial charge in [-0.05, 0) is 85.4 Å². The third-order valence-electron chi connectivity index (χ3n) is 6.11. The predicted molar refractivity (Wildman–Crippen MR) is 139 cm³/mol. The Morgan fingerprint density at radius 1 is 0.909 bits per heavy atom. The summed E-state index contributed by atoms with van der Waals surface area (Å²) in [5.74, 6) is 0. The summed E-state index contributed by atoms with van der Waals surface area (Å²) in [5.41, 5.74) is 6.68. The number of nitrogens with one attached hydrogen (secondary N) is 1. The Kier molecular flexibility index (Phi) is 5.60. The van der Waals surface area contributed by atoms with E-state index in [1.807, 2.05) is 18.3 Å². The van der Waals surface area contributed by atoms with Crippen LogP contribution in [0.15, 0.2) is 91.3 Å². The number of hydrogen-bond acceptors (Lipinski definition) is 3. The quantitative estimate of drug-likeness (QED) is 0.408. The number of aromatic nitrogens is 2. The molecule has 0 amide bonds. The highest BCUT2D eigenvalue weighted by Gasteiger charge is 2.42. The average molecular weight is 454 g/mol. The molecule has 1 fully saturated rings. The lowest BCUT2D eigenvalue weighted by Crippen LogP contribution is -2.30. The molecule has 6 heteroatoms. The zero-order valence-corrected chi connectivity index (χ0v) is 19.8. The van der Waals surface area contributed by atoms with E-state index < -0.39 is 0 Å². The molecular weight excluding hydrogens is 426 g/mol. The minimum atomic E-state index is -0.0751. The van der Waals surface area contributed by atoms with Crippen LogP contribution in [0.4, 0.5) is 11.4 Å². The van der Waals surface area contributed by atoms with Gasteiger partial charge in [0.05, 0.1) is 11.7 Å². The van der Waals surface area contributed by atoms with Crippen molar-refractivity contribution in [1.29, 1.82) is 0 Å². The summed E-state index contributed by atoms with van der Waals surface area (Å²) in [4.78, 5) is 9.00. The maximum atomic E-state index is 5.87. The van der Waals surface area contributed by atoms with Gasteiger partial charge in [-0.2, -0.15) is 0 Å². The van der Waals surface area contributed by atoms with E-state index >= 15 is 0 Å². The fourth-order valence-electron chi connectivity index (χ4n) is 4.49. The van der Waals surface area contributed by atoms with Crippen LogP contribution in [0.25, 0.3) is 5.69 Å². The molecule has 0 aliphatic carbocycles. The van der Waals surface area contributed by atoms with Crippen molar-refractivity contribution >= 4 is 28.7 Å². The third kappa shape index (κ3) is 3.98. The fraction of sp³-hybridized carbons (Fsp3) is 0.185. The Balaban J connectivity index is 1.64. The maximum Gasteiger partial charge on any atom is 0.174 e. The first-order valence-electron chi connectivity index (χ1n) is 11.1. The fourth-order valence-corrected chi connectivity index (χ4v) is 4.84. The van der Waals surface area contributed by atoms with Gasteiger partial charge in [0.15, 0.2) is 5.11 Å². The lowest BCUT2D eigenvalue weighted by atomic mass is 10.0. The van der Waals surface area contributed by atoms with Crippen molar-refractivity contribution in [2.75, 3.05) is 23.9 Å². The Morgan fingerprint density at radius 2 is 1.73 bits per heavy atom. The zero-order chi connectivity index (χ0) is 22.9.